The van der Waals surface area contributed by atoms with Crippen LogP contribution in [-0.2, 0) is 13.5 Å². The number of nitrogens with one attached hydrogen (secondary N) is 1. The summed E-state index contributed by atoms with van der Waals surface area (Å²) in [4.78, 5) is 19.5. The van der Waals surface area contributed by atoms with E-state index in [2.05, 4.69) is 14.5 Å². The highest BCUT2D eigenvalue weighted by atomic mass is 16.1. The molecular formula is C16H17N3O. The van der Waals surface area contributed by atoms with Crippen LogP contribution >= 0.6 is 0 Å². The zero-order chi connectivity index (χ0) is 14.1. The molecule has 3 aromatic rings. The number of carbonyl (C=O) groups is 1. The van der Waals surface area contributed by atoms with Crippen LogP contribution in [-0.4, -0.2) is 20.3 Å². The van der Waals surface area contributed by atoms with Crippen molar-refractivity contribution in [3.05, 3.63) is 53.7 Å². The van der Waals surface area contributed by atoms with Gasteiger partial charge in [0.1, 0.15) is 0 Å². The maximum absolute atomic E-state index is 12.5. The molecule has 0 saturated heterocycles. The van der Waals surface area contributed by atoms with E-state index in [0.29, 0.717) is 12.8 Å². The number of aromatic amines is 1. The summed E-state index contributed by atoms with van der Waals surface area (Å²) in [7, 11) is 2.00. The van der Waals surface area contributed by atoms with Gasteiger partial charge < -0.3 is 9.55 Å². The molecule has 0 spiro atoms. The molecule has 2 aromatic heterocycles. The number of para-hydroxylation sites is 1. The maximum Gasteiger partial charge on any atom is 0.165 e. The Bertz CT molecular complexity index is 753. The van der Waals surface area contributed by atoms with Crippen LogP contribution in [0.2, 0.25) is 0 Å². The number of benzene rings is 1. The average molecular weight is 267 g/mol. The van der Waals surface area contributed by atoms with Gasteiger partial charge in [0.05, 0.1) is 6.33 Å². The molecule has 3 rings (SSSR count). The van der Waals surface area contributed by atoms with Crippen molar-refractivity contribution in [2.75, 3.05) is 0 Å². The number of hydrogen-bond acceptors (Lipinski definition) is 2. The highest BCUT2D eigenvalue weighted by molar-refractivity contribution is 6.09. The van der Waals surface area contributed by atoms with Crippen molar-refractivity contribution < 1.29 is 4.79 Å². The Morgan fingerprint density at radius 1 is 1.35 bits per heavy atom. The second-order valence-electron chi connectivity index (χ2n) is 5.04. The van der Waals surface area contributed by atoms with Crippen molar-refractivity contribution in [1.29, 1.82) is 0 Å². The van der Waals surface area contributed by atoms with E-state index < -0.39 is 0 Å². The number of imidazole rings is 1. The summed E-state index contributed by atoms with van der Waals surface area (Å²) in [6, 6.07) is 8.05. The van der Waals surface area contributed by atoms with Crippen LogP contribution in [0, 0.1) is 6.92 Å². The normalized spacial score (nSPS) is 11.1. The first-order chi connectivity index (χ1) is 9.68. The smallest absolute Gasteiger partial charge is 0.165 e. The second-order valence-corrected chi connectivity index (χ2v) is 5.04. The number of carbonyl (C=O) groups excluding carboxylic acids is 1. The van der Waals surface area contributed by atoms with Crippen molar-refractivity contribution in [2.45, 2.75) is 19.8 Å². The number of ketones is 1. The molecule has 1 N–H and O–H groups in total. The fourth-order valence-corrected chi connectivity index (χ4v) is 2.67. The molecule has 0 radical (unpaired) electrons. The number of rotatable bonds is 4. The second kappa shape index (κ2) is 4.96. The average Bonchev–Trinajstić information content (AvgIpc) is 3.05. The monoisotopic (exact) mass is 267 g/mol. The van der Waals surface area contributed by atoms with Crippen LogP contribution in [0.1, 0.15) is 28.2 Å². The van der Waals surface area contributed by atoms with Crippen LogP contribution in [0.15, 0.2) is 36.8 Å². The Balaban J connectivity index is 1.93. The van der Waals surface area contributed by atoms with E-state index >= 15 is 0 Å². The summed E-state index contributed by atoms with van der Waals surface area (Å²) in [6.45, 7) is 2.00. The molecule has 0 aliphatic heterocycles. The van der Waals surface area contributed by atoms with Crippen LogP contribution in [0.4, 0.5) is 0 Å². The van der Waals surface area contributed by atoms with E-state index in [-0.39, 0.29) is 5.78 Å². The van der Waals surface area contributed by atoms with E-state index in [1.54, 1.807) is 12.5 Å². The predicted molar refractivity (Wildman–Crippen MR) is 78.9 cm³/mol. The van der Waals surface area contributed by atoms with Crippen molar-refractivity contribution in [3.8, 4) is 0 Å². The minimum absolute atomic E-state index is 0.189. The number of nitrogens with zero attached hydrogens (tertiary/aromatic N) is 2. The first kappa shape index (κ1) is 12.7. The Morgan fingerprint density at radius 3 is 2.90 bits per heavy atom. The van der Waals surface area contributed by atoms with Crippen LogP contribution in [0.3, 0.4) is 0 Å². The third-order valence-corrected chi connectivity index (χ3v) is 3.85. The van der Waals surface area contributed by atoms with Gasteiger partial charge in [-0.25, -0.2) is 4.98 Å². The molecule has 1 aromatic carbocycles. The molecule has 0 bridgehead atoms. The third-order valence-electron chi connectivity index (χ3n) is 3.85. The largest absolute Gasteiger partial charge is 0.348 e. The standard InChI is InChI=1S/C16H17N3O/c1-11-16(13-5-3-4-6-14(13)19(11)2)15(20)8-7-12-9-17-10-18-12/h3-6,9-10H,7-8H2,1-2H3,(H,17,18). The fraction of sp³-hybridized carbons (Fsp3) is 0.250. The van der Waals surface area contributed by atoms with Gasteiger partial charge in [-0.1, -0.05) is 18.2 Å². The molecule has 4 nitrogen and oxygen atoms in total. The minimum Gasteiger partial charge on any atom is -0.348 e. The summed E-state index contributed by atoms with van der Waals surface area (Å²) in [5.41, 5.74) is 3.98. The molecule has 0 unspecified atom stereocenters. The summed E-state index contributed by atoms with van der Waals surface area (Å²) < 4.78 is 2.08. The lowest BCUT2D eigenvalue weighted by atomic mass is 10.0. The molecule has 0 aliphatic carbocycles. The quantitative estimate of drug-likeness (QED) is 0.739. The van der Waals surface area contributed by atoms with Gasteiger partial charge in [-0.05, 0) is 19.4 Å². The van der Waals surface area contributed by atoms with Gasteiger partial charge in [-0.2, -0.15) is 0 Å². The highest BCUT2D eigenvalue weighted by Gasteiger charge is 2.17. The van der Waals surface area contributed by atoms with Crippen LogP contribution in [0.5, 0.6) is 0 Å². The van der Waals surface area contributed by atoms with E-state index in [1.807, 2.05) is 38.2 Å². The number of aryl methyl sites for hydroxylation is 2. The SMILES string of the molecule is Cc1c(C(=O)CCc2cnc[nH]2)c2ccccc2n1C. The van der Waals surface area contributed by atoms with Crippen LogP contribution < -0.4 is 0 Å². The fourth-order valence-electron chi connectivity index (χ4n) is 2.67. The number of H-pyrrole nitrogens is 1. The zero-order valence-corrected chi connectivity index (χ0v) is 11.7. The molecule has 0 atom stereocenters. The van der Waals surface area contributed by atoms with Crippen molar-refractivity contribution in [2.24, 2.45) is 7.05 Å². The van der Waals surface area contributed by atoms with Gasteiger partial charge in [-0.3, -0.25) is 4.79 Å². The van der Waals surface area contributed by atoms with E-state index in [4.69, 9.17) is 0 Å². The number of aromatic nitrogens is 3. The lowest BCUT2D eigenvalue weighted by Gasteiger charge is -2.01. The summed E-state index contributed by atoms with van der Waals surface area (Å²) in [5.74, 6) is 0.189. The molecule has 20 heavy (non-hydrogen) atoms. The molecule has 0 amide bonds. The van der Waals surface area contributed by atoms with Crippen molar-refractivity contribution in [3.63, 3.8) is 0 Å². The lowest BCUT2D eigenvalue weighted by molar-refractivity contribution is 0.0983. The Morgan fingerprint density at radius 2 is 2.15 bits per heavy atom. The lowest BCUT2D eigenvalue weighted by Crippen LogP contribution is -2.04. The molecule has 102 valence electrons. The van der Waals surface area contributed by atoms with Gasteiger partial charge in [0, 0.05) is 47.5 Å². The number of Topliss-reactive ketones (excluding diaryl/α,β-unsaturated/α-hetero) is 1. The van der Waals surface area contributed by atoms with E-state index in [1.165, 1.54) is 0 Å². The number of fused-ring (bicyclic) bond motifs is 1. The molecule has 0 fully saturated rings. The van der Waals surface area contributed by atoms with Crippen molar-refractivity contribution >= 4 is 16.7 Å². The Kier molecular flexibility index (Phi) is 3.14. The molecule has 4 heteroatoms. The third kappa shape index (κ3) is 2.03. The number of hydrogen-bond donors (Lipinski definition) is 1. The molecule has 0 saturated carbocycles. The van der Waals surface area contributed by atoms with Gasteiger partial charge in [-0.15, -0.1) is 0 Å². The van der Waals surface area contributed by atoms with Crippen molar-refractivity contribution in [1.82, 2.24) is 14.5 Å². The summed E-state index contributed by atoms with van der Waals surface area (Å²) in [5, 5.41) is 1.04. The maximum atomic E-state index is 12.5. The molecule has 0 aliphatic rings. The highest BCUT2D eigenvalue weighted by Crippen LogP contribution is 2.26. The topological polar surface area (TPSA) is 50.7 Å². The van der Waals surface area contributed by atoms with Gasteiger partial charge in [0.25, 0.3) is 0 Å². The van der Waals surface area contributed by atoms with Gasteiger partial charge >= 0.3 is 0 Å². The summed E-state index contributed by atoms with van der Waals surface area (Å²) in [6.07, 6.45) is 4.60. The van der Waals surface area contributed by atoms with E-state index in [9.17, 15) is 4.79 Å². The predicted octanol–water partition coefficient (Wildman–Crippen LogP) is 3.03. The Labute approximate surface area is 117 Å². The molecule has 2 heterocycles. The first-order valence-corrected chi connectivity index (χ1v) is 6.73. The molecular weight excluding hydrogens is 250 g/mol. The van der Waals surface area contributed by atoms with Gasteiger partial charge in [0.15, 0.2) is 5.78 Å². The first-order valence-electron chi connectivity index (χ1n) is 6.73. The zero-order valence-electron chi connectivity index (χ0n) is 11.7. The van der Waals surface area contributed by atoms with Crippen LogP contribution in [0.25, 0.3) is 10.9 Å². The minimum atomic E-state index is 0.189. The summed E-state index contributed by atoms with van der Waals surface area (Å²) >= 11 is 0. The van der Waals surface area contributed by atoms with Gasteiger partial charge in [0.2, 0.25) is 0 Å². The van der Waals surface area contributed by atoms with E-state index in [0.717, 1.165) is 27.9 Å². The Hall–Kier alpha value is -2.36.